The van der Waals surface area contributed by atoms with Gasteiger partial charge in [-0.3, -0.25) is 0 Å². The number of ether oxygens (including phenoxy) is 4. The molecule has 1 aliphatic heterocycles. The van der Waals surface area contributed by atoms with Crippen LogP contribution in [0.1, 0.15) is 12.5 Å². The van der Waals surface area contributed by atoms with E-state index >= 15 is 0 Å². The lowest BCUT2D eigenvalue weighted by Crippen LogP contribution is -2.47. The van der Waals surface area contributed by atoms with Crippen molar-refractivity contribution >= 4 is 0 Å². The van der Waals surface area contributed by atoms with Gasteiger partial charge < -0.3 is 24.3 Å². The Balaban J connectivity index is 2.06. The smallest absolute Gasteiger partial charge is 0.203 e. The molecule has 0 aliphatic carbocycles. The van der Waals surface area contributed by atoms with E-state index in [1.54, 1.807) is 21.3 Å². The highest BCUT2D eigenvalue weighted by Gasteiger charge is 2.32. The first-order valence-electron chi connectivity index (χ1n) is 6.70. The molecule has 5 heteroatoms. The van der Waals surface area contributed by atoms with E-state index < -0.39 is 0 Å². The second-order valence-corrected chi connectivity index (χ2v) is 5.40. The van der Waals surface area contributed by atoms with Crippen molar-refractivity contribution in [3.63, 3.8) is 0 Å². The lowest BCUT2D eigenvalue weighted by atomic mass is 9.89. The van der Waals surface area contributed by atoms with E-state index in [1.807, 2.05) is 12.1 Å². The van der Waals surface area contributed by atoms with Crippen molar-refractivity contribution in [2.75, 3.05) is 41.1 Å². The molecule has 0 amide bonds. The van der Waals surface area contributed by atoms with Crippen molar-refractivity contribution in [2.24, 2.45) is 5.41 Å². The predicted molar refractivity (Wildman–Crippen MR) is 76.7 cm³/mol. The first kappa shape index (κ1) is 14.9. The third kappa shape index (κ3) is 2.99. The van der Waals surface area contributed by atoms with E-state index in [4.69, 9.17) is 18.9 Å². The standard InChI is InChI=1S/C15H23NO4/c1-15(9-20-10-15)8-16-7-11-5-6-12(17-2)14(19-4)13(11)18-3/h5-6,16H,7-10H2,1-4H3. The van der Waals surface area contributed by atoms with Crippen LogP contribution in [-0.4, -0.2) is 41.1 Å². The number of nitrogens with one attached hydrogen (secondary N) is 1. The Morgan fingerprint density at radius 1 is 1.10 bits per heavy atom. The molecule has 1 heterocycles. The molecule has 1 fully saturated rings. The van der Waals surface area contributed by atoms with Gasteiger partial charge in [0, 0.05) is 24.1 Å². The van der Waals surface area contributed by atoms with E-state index in [-0.39, 0.29) is 5.41 Å². The molecule has 1 saturated heterocycles. The average Bonchev–Trinajstić information content (AvgIpc) is 2.44. The van der Waals surface area contributed by atoms with Gasteiger partial charge in [-0.25, -0.2) is 0 Å². The average molecular weight is 281 g/mol. The Kier molecular flexibility index (Phi) is 4.73. The molecule has 0 radical (unpaired) electrons. The van der Waals surface area contributed by atoms with Gasteiger partial charge in [-0.05, 0) is 6.07 Å². The molecule has 0 spiro atoms. The highest BCUT2D eigenvalue weighted by atomic mass is 16.5. The molecule has 0 aromatic heterocycles. The molecule has 1 aromatic carbocycles. The molecule has 2 rings (SSSR count). The fourth-order valence-corrected chi connectivity index (χ4v) is 2.35. The monoisotopic (exact) mass is 281 g/mol. The van der Waals surface area contributed by atoms with E-state index in [1.165, 1.54) is 0 Å². The highest BCUT2D eigenvalue weighted by molar-refractivity contribution is 5.55. The minimum atomic E-state index is 0.254. The van der Waals surface area contributed by atoms with Crippen LogP contribution in [0, 0.1) is 5.41 Å². The lowest BCUT2D eigenvalue weighted by molar-refractivity contribution is -0.0991. The minimum absolute atomic E-state index is 0.254. The molecule has 0 bridgehead atoms. The van der Waals surface area contributed by atoms with Gasteiger partial charge in [-0.2, -0.15) is 0 Å². The number of hydrogen-bond donors (Lipinski definition) is 1. The molecule has 1 N–H and O–H groups in total. The summed E-state index contributed by atoms with van der Waals surface area (Å²) in [6.45, 7) is 5.51. The number of rotatable bonds is 7. The Hall–Kier alpha value is -1.46. The van der Waals surface area contributed by atoms with Gasteiger partial charge in [-0.1, -0.05) is 13.0 Å². The first-order valence-corrected chi connectivity index (χ1v) is 6.70. The largest absolute Gasteiger partial charge is 0.493 e. The Bertz CT molecular complexity index is 457. The molecule has 0 atom stereocenters. The summed E-state index contributed by atoms with van der Waals surface area (Å²) in [4.78, 5) is 0. The van der Waals surface area contributed by atoms with Crippen LogP contribution in [0.2, 0.25) is 0 Å². The fraction of sp³-hybridized carbons (Fsp3) is 0.600. The van der Waals surface area contributed by atoms with Gasteiger partial charge in [0.05, 0.1) is 34.5 Å². The normalized spacial score (nSPS) is 16.4. The number of hydrogen-bond acceptors (Lipinski definition) is 5. The van der Waals surface area contributed by atoms with Crippen LogP contribution in [0.3, 0.4) is 0 Å². The summed E-state index contributed by atoms with van der Waals surface area (Å²) in [5, 5.41) is 3.45. The summed E-state index contributed by atoms with van der Waals surface area (Å²) in [7, 11) is 4.87. The van der Waals surface area contributed by atoms with Gasteiger partial charge in [0.1, 0.15) is 0 Å². The number of benzene rings is 1. The van der Waals surface area contributed by atoms with Crippen molar-refractivity contribution in [1.82, 2.24) is 5.32 Å². The first-order chi connectivity index (χ1) is 9.63. The predicted octanol–water partition coefficient (Wildman–Crippen LogP) is 1.84. The van der Waals surface area contributed by atoms with Crippen molar-refractivity contribution in [3.05, 3.63) is 17.7 Å². The molecule has 0 unspecified atom stereocenters. The molecular weight excluding hydrogens is 258 g/mol. The zero-order valence-electron chi connectivity index (χ0n) is 12.6. The van der Waals surface area contributed by atoms with Crippen LogP contribution in [0.5, 0.6) is 17.2 Å². The van der Waals surface area contributed by atoms with Crippen LogP contribution >= 0.6 is 0 Å². The second-order valence-electron chi connectivity index (χ2n) is 5.40. The molecule has 5 nitrogen and oxygen atoms in total. The Morgan fingerprint density at radius 2 is 1.80 bits per heavy atom. The third-order valence-corrected chi connectivity index (χ3v) is 3.55. The van der Waals surface area contributed by atoms with Crippen molar-refractivity contribution < 1.29 is 18.9 Å². The summed E-state index contributed by atoms with van der Waals surface area (Å²) >= 11 is 0. The van der Waals surface area contributed by atoms with Gasteiger partial charge in [0.2, 0.25) is 5.75 Å². The third-order valence-electron chi connectivity index (χ3n) is 3.55. The summed E-state index contributed by atoms with van der Waals surface area (Å²) in [6, 6.07) is 3.89. The highest BCUT2D eigenvalue weighted by Crippen LogP contribution is 2.39. The quantitative estimate of drug-likeness (QED) is 0.826. The van der Waals surface area contributed by atoms with E-state index in [0.717, 1.165) is 37.6 Å². The Labute approximate surface area is 120 Å². The summed E-state index contributed by atoms with van der Waals surface area (Å²) in [5.41, 5.74) is 1.30. The van der Waals surface area contributed by atoms with Crippen LogP contribution in [0.25, 0.3) is 0 Å². The van der Waals surface area contributed by atoms with Crippen molar-refractivity contribution in [3.8, 4) is 17.2 Å². The van der Waals surface area contributed by atoms with Gasteiger partial charge >= 0.3 is 0 Å². The molecule has 0 saturated carbocycles. The fourth-order valence-electron chi connectivity index (χ4n) is 2.35. The van der Waals surface area contributed by atoms with E-state index in [9.17, 15) is 0 Å². The SMILES string of the molecule is COc1ccc(CNCC2(C)COC2)c(OC)c1OC. The van der Waals surface area contributed by atoms with Crippen LogP contribution in [0.15, 0.2) is 12.1 Å². The van der Waals surface area contributed by atoms with E-state index in [2.05, 4.69) is 12.2 Å². The second kappa shape index (κ2) is 6.33. The van der Waals surface area contributed by atoms with Crippen LogP contribution in [-0.2, 0) is 11.3 Å². The molecule has 20 heavy (non-hydrogen) atoms. The summed E-state index contributed by atoms with van der Waals surface area (Å²) in [6.07, 6.45) is 0. The molecule has 112 valence electrons. The van der Waals surface area contributed by atoms with Gasteiger partial charge in [0.25, 0.3) is 0 Å². The van der Waals surface area contributed by atoms with Gasteiger partial charge in [-0.15, -0.1) is 0 Å². The number of methoxy groups -OCH3 is 3. The van der Waals surface area contributed by atoms with Gasteiger partial charge in [0.15, 0.2) is 11.5 Å². The maximum Gasteiger partial charge on any atom is 0.203 e. The van der Waals surface area contributed by atoms with Crippen LogP contribution in [0.4, 0.5) is 0 Å². The van der Waals surface area contributed by atoms with Crippen molar-refractivity contribution in [2.45, 2.75) is 13.5 Å². The van der Waals surface area contributed by atoms with Crippen molar-refractivity contribution in [1.29, 1.82) is 0 Å². The summed E-state index contributed by atoms with van der Waals surface area (Å²) in [5.74, 6) is 2.02. The molecular formula is C15H23NO4. The molecule has 1 aliphatic rings. The Morgan fingerprint density at radius 3 is 2.30 bits per heavy atom. The lowest BCUT2D eigenvalue weighted by Gasteiger charge is -2.38. The minimum Gasteiger partial charge on any atom is -0.493 e. The maximum absolute atomic E-state index is 5.46. The summed E-state index contributed by atoms with van der Waals surface area (Å²) < 4.78 is 21.4. The molecule has 1 aromatic rings. The van der Waals surface area contributed by atoms with Crippen LogP contribution < -0.4 is 19.5 Å². The van der Waals surface area contributed by atoms with E-state index in [0.29, 0.717) is 11.5 Å². The zero-order chi connectivity index (χ0) is 14.6. The zero-order valence-corrected chi connectivity index (χ0v) is 12.6. The topological polar surface area (TPSA) is 49.0 Å². The maximum atomic E-state index is 5.46.